The smallest absolute Gasteiger partial charge is 0.322 e. The average molecular weight is 638 g/mol. The largest absolute Gasteiger partial charge is 0.465 e. The summed E-state index contributed by atoms with van der Waals surface area (Å²) >= 11 is 0. The number of rotatable bonds is 35. The van der Waals surface area contributed by atoms with Crippen molar-refractivity contribution in [1.82, 2.24) is 0 Å². The number of ether oxygens (including phenoxy) is 2. The lowest BCUT2D eigenvalue weighted by atomic mass is 10.0. The van der Waals surface area contributed by atoms with Gasteiger partial charge in [-0.25, -0.2) is 0 Å². The van der Waals surface area contributed by atoms with Crippen LogP contribution in [0.2, 0.25) is 0 Å². The lowest BCUT2D eigenvalue weighted by Crippen LogP contribution is -2.33. The molecule has 0 aromatic carbocycles. The third-order valence-electron chi connectivity index (χ3n) is 8.92. The zero-order chi connectivity index (χ0) is 33.1. The summed E-state index contributed by atoms with van der Waals surface area (Å²) < 4.78 is 10.2. The molecule has 0 aliphatic carbocycles. The fourth-order valence-corrected chi connectivity index (χ4v) is 5.84. The molecule has 0 aliphatic heterocycles. The molecule has 0 amide bonds. The summed E-state index contributed by atoms with van der Waals surface area (Å²) in [5.74, 6) is -1.59. The third kappa shape index (κ3) is 33.7. The maximum Gasteiger partial charge on any atom is 0.322 e. The van der Waals surface area contributed by atoms with Crippen molar-refractivity contribution < 1.29 is 23.9 Å². The Kier molecular flexibility index (Phi) is 34.3. The van der Waals surface area contributed by atoms with E-state index in [4.69, 9.17) is 15.2 Å². The minimum atomic E-state index is -0.866. The van der Waals surface area contributed by atoms with Gasteiger partial charge in [0.1, 0.15) is 6.04 Å². The standard InChI is InChI=1S/C39H75NO5/c1-3-5-7-9-11-13-14-15-16-17-18-19-20-21-22-23-25-27-29-31-35-44-39(43)36(40)33-34-38(42)45-37(41)32-30-28-26-24-12-10-8-6-4-2/h36H,3-35,40H2,1-2H3/t36-/m0/s1. The van der Waals surface area contributed by atoms with Crippen LogP contribution in [-0.4, -0.2) is 30.6 Å². The Labute approximate surface area is 279 Å². The van der Waals surface area contributed by atoms with Gasteiger partial charge in [0.15, 0.2) is 0 Å². The van der Waals surface area contributed by atoms with Crippen LogP contribution in [-0.2, 0) is 23.9 Å². The SMILES string of the molecule is CCCCCCCCCCCCCCCCCCCCCCOC(=O)[C@@H](N)CCC(=O)OC(=O)CCCCCCCCCCC. The van der Waals surface area contributed by atoms with Crippen molar-refractivity contribution in [3.05, 3.63) is 0 Å². The first kappa shape index (κ1) is 43.6. The maximum absolute atomic E-state index is 12.1. The van der Waals surface area contributed by atoms with Crippen LogP contribution in [0.15, 0.2) is 0 Å². The number of hydrogen-bond donors (Lipinski definition) is 1. The zero-order valence-corrected chi connectivity index (χ0v) is 30.0. The molecule has 0 heterocycles. The number of carbonyl (C=O) groups is 3. The van der Waals surface area contributed by atoms with Crippen molar-refractivity contribution in [3.63, 3.8) is 0 Å². The lowest BCUT2D eigenvalue weighted by molar-refractivity contribution is -0.159. The van der Waals surface area contributed by atoms with Gasteiger partial charge in [-0.2, -0.15) is 0 Å². The summed E-state index contributed by atoms with van der Waals surface area (Å²) in [7, 11) is 0. The van der Waals surface area contributed by atoms with Crippen molar-refractivity contribution >= 4 is 17.9 Å². The van der Waals surface area contributed by atoms with E-state index in [-0.39, 0.29) is 19.3 Å². The van der Waals surface area contributed by atoms with Crippen molar-refractivity contribution in [2.75, 3.05) is 6.61 Å². The maximum atomic E-state index is 12.1. The summed E-state index contributed by atoms with van der Waals surface area (Å²) in [4.78, 5) is 35.9. The summed E-state index contributed by atoms with van der Waals surface area (Å²) in [6, 6.07) is -0.866. The van der Waals surface area contributed by atoms with Crippen molar-refractivity contribution in [2.24, 2.45) is 5.73 Å². The van der Waals surface area contributed by atoms with Gasteiger partial charge in [-0.15, -0.1) is 0 Å². The van der Waals surface area contributed by atoms with Crippen LogP contribution in [0.25, 0.3) is 0 Å². The van der Waals surface area contributed by atoms with E-state index >= 15 is 0 Å². The van der Waals surface area contributed by atoms with Crippen LogP contribution in [0, 0.1) is 0 Å². The van der Waals surface area contributed by atoms with E-state index < -0.39 is 23.9 Å². The van der Waals surface area contributed by atoms with Gasteiger partial charge in [0.05, 0.1) is 6.61 Å². The first-order chi connectivity index (χ1) is 22.0. The number of esters is 3. The molecular weight excluding hydrogens is 562 g/mol. The minimum absolute atomic E-state index is 0.0565. The second-order valence-corrected chi connectivity index (χ2v) is 13.5. The molecule has 0 unspecified atom stereocenters. The second-order valence-electron chi connectivity index (χ2n) is 13.5. The fourth-order valence-electron chi connectivity index (χ4n) is 5.84. The molecule has 6 nitrogen and oxygen atoms in total. The Hall–Kier alpha value is -1.43. The first-order valence-corrected chi connectivity index (χ1v) is 19.7. The summed E-state index contributed by atoms with van der Waals surface area (Å²) in [6.07, 6.45) is 37.4. The van der Waals surface area contributed by atoms with E-state index in [0.717, 1.165) is 32.1 Å². The van der Waals surface area contributed by atoms with Crippen molar-refractivity contribution in [1.29, 1.82) is 0 Å². The Morgan fingerprint density at radius 3 is 1.13 bits per heavy atom. The van der Waals surface area contributed by atoms with Crippen molar-refractivity contribution in [3.8, 4) is 0 Å². The highest BCUT2D eigenvalue weighted by molar-refractivity contribution is 5.85. The van der Waals surface area contributed by atoms with Crippen LogP contribution in [0.3, 0.4) is 0 Å². The Bertz CT molecular complexity index is 668. The summed E-state index contributed by atoms with van der Waals surface area (Å²) in [5, 5.41) is 0. The molecule has 0 radical (unpaired) electrons. The average Bonchev–Trinajstić information content (AvgIpc) is 3.03. The molecule has 2 N–H and O–H groups in total. The lowest BCUT2D eigenvalue weighted by Gasteiger charge is -2.11. The molecule has 0 aromatic heterocycles. The van der Waals surface area contributed by atoms with E-state index in [1.807, 2.05) is 0 Å². The monoisotopic (exact) mass is 638 g/mol. The fraction of sp³-hybridized carbons (Fsp3) is 0.923. The van der Waals surface area contributed by atoms with Gasteiger partial charge >= 0.3 is 17.9 Å². The molecule has 6 heteroatoms. The van der Waals surface area contributed by atoms with Gasteiger partial charge in [-0.3, -0.25) is 14.4 Å². The van der Waals surface area contributed by atoms with E-state index in [9.17, 15) is 14.4 Å². The minimum Gasteiger partial charge on any atom is -0.465 e. The molecule has 266 valence electrons. The number of hydrogen-bond acceptors (Lipinski definition) is 6. The highest BCUT2D eigenvalue weighted by Crippen LogP contribution is 2.15. The normalized spacial score (nSPS) is 11.9. The molecule has 0 saturated carbocycles. The highest BCUT2D eigenvalue weighted by atomic mass is 16.6. The highest BCUT2D eigenvalue weighted by Gasteiger charge is 2.18. The van der Waals surface area contributed by atoms with E-state index in [1.54, 1.807) is 0 Å². The van der Waals surface area contributed by atoms with E-state index in [1.165, 1.54) is 154 Å². The third-order valence-corrected chi connectivity index (χ3v) is 8.92. The number of unbranched alkanes of at least 4 members (excludes halogenated alkanes) is 27. The predicted molar refractivity (Wildman–Crippen MR) is 189 cm³/mol. The van der Waals surface area contributed by atoms with Gasteiger partial charge < -0.3 is 15.2 Å². The number of carbonyl (C=O) groups excluding carboxylic acids is 3. The van der Waals surface area contributed by atoms with Gasteiger partial charge in [-0.05, 0) is 19.3 Å². The molecule has 0 aliphatic rings. The Morgan fingerprint density at radius 1 is 0.444 bits per heavy atom. The molecule has 0 bridgehead atoms. The van der Waals surface area contributed by atoms with Crippen LogP contribution in [0.1, 0.15) is 219 Å². The van der Waals surface area contributed by atoms with Crippen molar-refractivity contribution in [2.45, 2.75) is 225 Å². The van der Waals surface area contributed by atoms with Gasteiger partial charge in [0.25, 0.3) is 0 Å². The number of nitrogens with two attached hydrogens (primary N) is 1. The quantitative estimate of drug-likeness (QED) is 0.0422. The van der Waals surface area contributed by atoms with Crippen LogP contribution in [0.4, 0.5) is 0 Å². The molecule has 0 saturated heterocycles. The molecule has 0 fully saturated rings. The van der Waals surface area contributed by atoms with E-state index in [2.05, 4.69) is 13.8 Å². The van der Waals surface area contributed by atoms with Crippen LogP contribution in [0.5, 0.6) is 0 Å². The molecule has 0 spiro atoms. The Balaban J connectivity index is 3.45. The van der Waals surface area contributed by atoms with Gasteiger partial charge in [0.2, 0.25) is 0 Å². The Morgan fingerprint density at radius 2 is 0.756 bits per heavy atom. The zero-order valence-electron chi connectivity index (χ0n) is 30.0. The summed E-state index contributed by atoms with van der Waals surface area (Å²) in [5.41, 5.74) is 5.88. The van der Waals surface area contributed by atoms with E-state index in [0.29, 0.717) is 6.61 Å². The molecule has 1 atom stereocenters. The predicted octanol–water partition coefficient (Wildman–Crippen LogP) is 11.4. The molecule has 0 rings (SSSR count). The molecule has 0 aromatic rings. The summed E-state index contributed by atoms with van der Waals surface area (Å²) in [6.45, 7) is 4.87. The second kappa shape index (κ2) is 35.4. The van der Waals surface area contributed by atoms with Gasteiger partial charge in [0, 0.05) is 12.8 Å². The first-order valence-electron chi connectivity index (χ1n) is 19.7. The molecular formula is C39H75NO5. The van der Waals surface area contributed by atoms with Crippen LogP contribution >= 0.6 is 0 Å². The van der Waals surface area contributed by atoms with Crippen LogP contribution < -0.4 is 5.73 Å². The topological polar surface area (TPSA) is 95.7 Å². The molecule has 45 heavy (non-hydrogen) atoms. The van der Waals surface area contributed by atoms with Gasteiger partial charge in [-0.1, -0.05) is 187 Å².